The molecule has 0 saturated carbocycles. The Hall–Kier alpha value is -5.67. The van der Waals surface area contributed by atoms with Crippen molar-refractivity contribution in [3.05, 3.63) is 158 Å². The maximum Gasteiger partial charge on any atom is 0.0730 e. The van der Waals surface area contributed by atoms with Crippen molar-refractivity contribution >= 4 is 49.2 Å². The second-order valence-corrected chi connectivity index (χ2v) is 10.8. The minimum absolute atomic E-state index is 0.904. The molecular weight excluding hydrogens is 522 g/mol. The van der Waals surface area contributed by atoms with E-state index in [1.54, 1.807) is 0 Å². The second-order valence-electron chi connectivity index (χ2n) is 10.8. The van der Waals surface area contributed by atoms with E-state index in [-0.39, 0.29) is 0 Å². The zero-order valence-electron chi connectivity index (χ0n) is 23.9. The van der Waals surface area contributed by atoms with Gasteiger partial charge in [0.2, 0.25) is 0 Å². The highest BCUT2D eigenvalue weighted by molar-refractivity contribution is 6.19. The van der Waals surface area contributed by atoms with Crippen LogP contribution in [0.3, 0.4) is 0 Å². The Morgan fingerprint density at radius 2 is 1.09 bits per heavy atom. The van der Waals surface area contributed by atoms with E-state index in [0.29, 0.717) is 0 Å². The average Bonchev–Trinajstić information content (AvgIpc) is 3.57. The molecule has 3 heteroatoms. The topological polar surface area (TPSA) is 22.8 Å². The molecule has 0 aliphatic carbocycles. The number of fused-ring (bicyclic) bond motifs is 6. The number of hydrogen-bond acceptors (Lipinski definition) is 1. The first-order valence-corrected chi connectivity index (χ1v) is 14.6. The van der Waals surface area contributed by atoms with Gasteiger partial charge in [-0.3, -0.25) is 0 Å². The minimum atomic E-state index is 0.904. The van der Waals surface area contributed by atoms with Gasteiger partial charge in [0.25, 0.3) is 0 Å². The normalized spacial score (nSPS) is 12.1. The molecule has 0 fully saturated rings. The summed E-state index contributed by atoms with van der Waals surface area (Å²) in [6.45, 7) is 6.11. The van der Waals surface area contributed by atoms with Crippen LogP contribution in [-0.4, -0.2) is 14.1 Å². The Morgan fingerprint density at radius 1 is 0.558 bits per heavy atom. The molecule has 8 aromatic rings. The summed E-state index contributed by atoms with van der Waals surface area (Å²) in [5.41, 5.74) is 10.9. The van der Waals surface area contributed by atoms with E-state index in [2.05, 4.69) is 149 Å². The van der Waals surface area contributed by atoms with Gasteiger partial charge in [0.1, 0.15) is 0 Å². The summed E-state index contributed by atoms with van der Waals surface area (Å²) >= 11 is 0. The highest BCUT2D eigenvalue weighted by Crippen LogP contribution is 2.40. The summed E-state index contributed by atoms with van der Waals surface area (Å²) in [6.07, 6.45) is 3.95. The van der Waals surface area contributed by atoms with E-state index in [9.17, 15) is 0 Å². The second kappa shape index (κ2) is 10.0. The van der Waals surface area contributed by atoms with E-state index in [4.69, 9.17) is 4.98 Å². The van der Waals surface area contributed by atoms with Gasteiger partial charge in [-0.2, -0.15) is 0 Å². The number of para-hydroxylation sites is 3. The molecule has 0 amide bonds. The number of hydrogen-bond donors (Lipinski definition) is 0. The lowest BCUT2D eigenvalue weighted by molar-refractivity contribution is 1.15. The van der Waals surface area contributed by atoms with Gasteiger partial charge in [-0.15, -0.1) is 0 Å². The van der Waals surface area contributed by atoms with Gasteiger partial charge >= 0.3 is 0 Å². The zero-order chi connectivity index (χ0) is 28.9. The van der Waals surface area contributed by atoms with Crippen LogP contribution in [0.15, 0.2) is 152 Å². The molecule has 0 spiro atoms. The largest absolute Gasteiger partial charge is 0.309 e. The molecule has 0 N–H and O–H groups in total. The SMILES string of the molecule is C=CC(=CC)c1cc(-n2c3ccccc3c3cc4c(cc32)c2ccccc2n4-c2ccccc2)cc(-c2ccccc2)n1. The third-order valence-electron chi connectivity index (χ3n) is 8.45. The number of nitrogens with zero attached hydrogens (tertiary/aromatic N) is 3. The molecule has 3 nitrogen and oxygen atoms in total. The molecule has 8 rings (SSSR count). The highest BCUT2D eigenvalue weighted by atomic mass is 15.0. The van der Waals surface area contributed by atoms with Crippen molar-refractivity contribution < 1.29 is 0 Å². The summed E-state index contributed by atoms with van der Waals surface area (Å²) in [7, 11) is 0. The van der Waals surface area contributed by atoms with Crippen LogP contribution in [0.5, 0.6) is 0 Å². The molecule has 0 radical (unpaired) electrons. The third-order valence-corrected chi connectivity index (χ3v) is 8.45. The fraction of sp³-hybridized carbons (Fsp3) is 0.0250. The van der Waals surface area contributed by atoms with Crippen molar-refractivity contribution in [1.29, 1.82) is 0 Å². The predicted octanol–water partition coefficient (Wildman–Crippen LogP) is 10.5. The molecule has 3 heterocycles. The van der Waals surface area contributed by atoms with Crippen LogP contribution >= 0.6 is 0 Å². The summed E-state index contributed by atoms with van der Waals surface area (Å²) in [5.74, 6) is 0. The lowest BCUT2D eigenvalue weighted by atomic mass is 10.1. The molecule has 0 bridgehead atoms. The smallest absolute Gasteiger partial charge is 0.0730 e. The first-order valence-electron chi connectivity index (χ1n) is 14.6. The predicted molar refractivity (Wildman–Crippen MR) is 182 cm³/mol. The van der Waals surface area contributed by atoms with Gasteiger partial charge < -0.3 is 9.13 Å². The fourth-order valence-electron chi connectivity index (χ4n) is 6.48. The molecule has 0 aliphatic heterocycles. The van der Waals surface area contributed by atoms with Gasteiger partial charge in [0.05, 0.1) is 39.1 Å². The van der Waals surface area contributed by atoms with Crippen LogP contribution in [0.2, 0.25) is 0 Å². The zero-order valence-corrected chi connectivity index (χ0v) is 23.9. The molecule has 0 atom stereocenters. The molecule has 0 unspecified atom stereocenters. The highest BCUT2D eigenvalue weighted by Gasteiger charge is 2.19. The van der Waals surface area contributed by atoms with Crippen LogP contribution in [0, 0.1) is 0 Å². The van der Waals surface area contributed by atoms with Crippen LogP contribution in [-0.2, 0) is 0 Å². The van der Waals surface area contributed by atoms with Crippen LogP contribution in [0.4, 0.5) is 0 Å². The van der Waals surface area contributed by atoms with Crippen molar-refractivity contribution in [2.24, 2.45) is 0 Å². The number of pyridine rings is 1. The molecule has 0 saturated heterocycles. The van der Waals surface area contributed by atoms with E-state index in [1.165, 1.54) is 38.1 Å². The van der Waals surface area contributed by atoms with Gasteiger partial charge in [-0.1, -0.05) is 104 Å². The van der Waals surface area contributed by atoms with E-state index in [1.807, 2.05) is 19.1 Å². The Morgan fingerprint density at radius 3 is 1.67 bits per heavy atom. The van der Waals surface area contributed by atoms with Crippen LogP contribution in [0.1, 0.15) is 12.6 Å². The lowest BCUT2D eigenvalue weighted by Gasteiger charge is -2.13. The van der Waals surface area contributed by atoms with Crippen molar-refractivity contribution in [1.82, 2.24) is 14.1 Å². The minimum Gasteiger partial charge on any atom is -0.309 e. The first kappa shape index (κ1) is 25.1. The summed E-state index contributed by atoms with van der Waals surface area (Å²) in [5, 5.41) is 4.91. The molecule has 5 aromatic carbocycles. The van der Waals surface area contributed by atoms with Gasteiger partial charge in [-0.25, -0.2) is 4.98 Å². The van der Waals surface area contributed by atoms with Crippen LogP contribution in [0.25, 0.3) is 71.8 Å². The molecule has 43 heavy (non-hydrogen) atoms. The molecule has 204 valence electrons. The van der Waals surface area contributed by atoms with Crippen LogP contribution < -0.4 is 0 Å². The Labute approximate surface area is 250 Å². The molecule has 0 aliphatic rings. The summed E-state index contributed by atoms with van der Waals surface area (Å²) in [6, 6.07) is 47.6. The van der Waals surface area contributed by atoms with Crippen molar-refractivity contribution in [3.8, 4) is 22.6 Å². The lowest BCUT2D eigenvalue weighted by Crippen LogP contribution is -1.99. The monoisotopic (exact) mass is 551 g/mol. The van der Waals surface area contributed by atoms with Crippen molar-refractivity contribution in [2.45, 2.75) is 6.92 Å². The van der Waals surface area contributed by atoms with Gasteiger partial charge in [0, 0.05) is 32.8 Å². The molecule has 3 aromatic heterocycles. The maximum atomic E-state index is 5.09. The number of allylic oxidation sites excluding steroid dienone is 3. The first-order chi connectivity index (χ1) is 21.2. The molecular formula is C40H29N3. The van der Waals surface area contributed by atoms with E-state index in [0.717, 1.165) is 39.4 Å². The third kappa shape index (κ3) is 3.93. The van der Waals surface area contributed by atoms with Gasteiger partial charge in [-0.05, 0) is 61.0 Å². The number of rotatable bonds is 5. The van der Waals surface area contributed by atoms with E-state index >= 15 is 0 Å². The van der Waals surface area contributed by atoms with Gasteiger partial charge in [0.15, 0.2) is 0 Å². The summed E-state index contributed by atoms with van der Waals surface area (Å²) in [4.78, 5) is 5.09. The number of aromatic nitrogens is 3. The number of benzene rings is 5. The van der Waals surface area contributed by atoms with Crippen molar-refractivity contribution in [2.75, 3.05) is 0 Å². The quantitative estimate of drug-likeness (QED) is 0.195. The maximum absolute atomic E-state index is 5.09. The Balaban J connectivity index is 1.50. The average molecular weight is 552 g/mol. The fourth-order valence-corrected chi connectivity index (χ4v) is 6.48. The van der Waals surface area contributed by atoms with E-state index < -0.39 is 0 Å². The van der Waals surface area contributed by atoms with Crippen molar-refractivity contribution in [3.63, 3.8) is 0 Å². The standard InChI is InChI=1S/C40H29N3/c1-3-27(4-2)35-23-30(24-36(41-35)28-15-7-5-8-16-28)43-38-22-14-12-20-32(38)34-25-39-33(26-40(34)43)31-19-11-13-21-37(31)42(39)29-17-9-6-10-18-29/h3-26H,1H2,2H3. The Kier molecular flexibility index (Phi) is 5.83. The Bertz CT molecular complexity index is 2350. The summed E-state index contributed by atoms with van der Waals surface area (Å²) < 4.78 is 4.78.